The standard InChI is InChI=1S/C36H20N6/c1-38-26-15-17-40-34(19-26)25-11-13-32(42-22-25)36-29-8-4-2-6-27(29)35(28-7-3-5-9-30(28)36)31-12-10-24(21-41-31)33-18-23(20-37)14-16-39-33/h2-19,21-22H. The van der Waals surface area contributed by atoms with E-state index in [2.05, 4.69) is 45.1 Å². The van der Waals surface area contributed by atoms with Gasteiger partial charge in [0.25, 0.3) is 0 Å². The van der Waals surface area contributed by atoms with Gasteiger partial charge in [0.05, 0.1) is 41.0 Å². The fourth-order valence-corrected chi connectivity index (χ4v) is 5.37. The average molecular weight is 537 g/mol. The Hall–Kier alpha value is -6.24. The van der Waals surface area contributed by atoms with Gasteiger partial charge in [-0.2, -0.15) is 5.26 Å². The van der Waals surface area contributed by atoms with E-state index >= 15 is 0 Å². The van der Waals surface area contributed by atoms with Gasteiger partial charge in [0.2, 0.25) is 0 Å². The Bertz CT molecular complexity index is 1990. The molecule has 3 aromatic carbocycles. The summed E-state index contributed by atoms with van der Waals surface area (Å²) in [6.07, 6.45) is 6.92. The summed E-state index contributed by atoms with van der Waals surface area (Å²) in [7, 11) is 0. The number of fused-ring (bicyclic) bond motifs is 2. The smallest absolute Gasteiger partial charge is 0.190 e. The quantitative estimate of drug-likeness (QED) is 0.166. The van der Waals surface area contributed by atoms with E-state index in [1.165, 1.54) is 0 Å². The van der Waals surface area contributed by atoms with Crippen LogP contribution in [0.15, 0.2) is 122 Å². The average Bonchev–Trinajstić information content (AvgIpc) is 3.07. The molecule has 0 N–H and O–H groups in total. The molecule has 0 aliphatic heterocycles. The van der Waals surface area contributed by atoms with Gasteiger partial charge in [0, 0.05) is 47.0 Å². The van der Waals surface area contributed by atoms with Crippen LogP contribution in [0.5, 0.6) is 0 Å². The first-order chi connectivity index (χ1) is 20.7. The molecule has 0 bridgehead atoms. The van der Waals surface area contributed by atoms with Crippen molar-refractivity contribution in [1.82, 2.24) is 19.9 Å². The third kappa shape index (κ3) is 4.30. The first-order valence-corrected chi connectivity index (χ1v) is 13.3. The molecular formula is C36H20N6. The van der Waals surface area contributed by atoms with Gasteiger partial charge in [0.15, 0.2) is 5.69 Å². The zero-order chi connectivity index (χ0) is 28.5. The van der Waals surface area contributed by atoms with E-state index in [9.17, 15) is 5.26 Å². The van der Waals surface area contributed by atoms with Crippen LogP contribution in [0.2, 0.25) is 0 Å². The molecule has 4 heterocycles. The summed E-state index contributed by atoms with van der Waals surface area (Å²) in [6, 6.07) is 33.8. The molecule has 0 aliphatic rings. The molecular weight excluding hydrogens is 516 g/mol. The highest BCUT2D eigenvalue weighted by Gasteiger charge is 2.18. The number of pyridine rings is 4. The first kappa shape index (κ1) is 24.8. The van der Waals surface area contributed by atoms with Crippen molar-refractivity contribution in [3.05, 3.63) is 139 Å². The van der Waals surface area contributed by atoms with E-state index in [1.54, 1.807) is 36.7 Å². The number of hydrogen-bond donors (Lipinski definition) is 0. The minimum Gasteiger partial charge on any atom is -0.259 e. The second kappa shape index (κ2) is 10.4. The molecule has 6 heteroatoms. The number of benzene rings is 3. The molecule has 0 atom stereocenters. The molecule has 7 rings (SSSR count). The molecule has 0 fully saturated rings. The summed E-state index contributed by atoms with van der Waals surface area (Å²) in [6.45, 7) is 7.31. The maximum absolute atomic E-state index is 9.28. The Kier molecular flexibility index (Phi) is 6.13. The molecule has 0 aliphatic carbocycles. The topological polar surface area (TPSA) is 79.7 Å². The lowest BCUT2D eigenvalue weighted by Gasteiger charge is -2.17. The third-order valence-electron chi connectivity index (χ3n) is 7.32. The van der Waals surface area contributed by atoms with E-state index in [0.717, 1.165) is 60.9 Å². The van der Waals surface area contributed by atoms with E-state index < -0.39 is 0 Å². The van der Waals surface area contributed by atoms with Crippen molar-refractivity contribution >= 4 is 27.2 Å². The minimum absolute atomic E-state index is 0.547. The molecule has 0 spiro atoms. The maximum atomic E-state index is 9.28. The molecule has 42 heavy (non-hydrogen) atoms. The molecule has 6 nitrogen and oxygen atoms in total. The van der Waals surface area contributed by atoms with Crippen LogP contribution in [0.1, 0.15) is 5.56 Å². The molecule has 4 aromatic heterocycles. The molecule has 0 amide bonds. The Morgan fingerprint density at radius 2 is 1.05 bits per heavy atom. The van der Waals surface area contributed by atoms with Crippen molar-refractivity contribution in [2.75, 3.05) is 0 Å². The lowest BCUT2D eigenvalue weighted by molar-refractivity contribution is 1.27. The number of rotatable bonds is 4. The van der Waals surface area contributed by atoms with Crippen LogP contribution >= 0.6 is 0 Å². The molecule has 7 aromatic rings. The van der Waals surface area contributed by atoms with Gasteiger partial charge in [-0.05, 0) is 70.1 Å². The Balaban J connectivity index is 1.38. The third-order valence-corrected chi connectivity index (χ3v) is 7.32. The number of hydrogen-bond acceptors (Lipinski definition) is 5. The lowest BCUT2D eigenvalue weighted by atomic mass is 9.88. The van der Waals surface area contributed by atoms with Gasteiger partial charge < -0.3 is 0 Å². The first-order valence-electron chi connectivity index (χ1n) is 13.3. The van der Waals surface area contributed by atoms with Gasteiger partial charge in [0.1, 0.15) is 0 Å². The molecule has 0 unspecified atom stereocenters. The highest BCUT2D eigenvalue weighted by Crippen LogP contribution is 2.43. The predicted octanol–water partition coefficient (Wildman–Crippen LogP) is 8.66. The van der Waals surface area contributed by atoms with Crippen LogP contribution in [-0.4, -0.2) is 19.9 Å². The monoisotopic (exact) mass is 536 g/mol. The fraction of sp³-hybridized carbons (Fsp3) is 0. The number of nitriles is 1. The van der Waals surface area contributed by atoms with Crippen molar-refractivity contribution < 1.29 is 0 Å². The highest BCUT2D eigenvalue weighted by molar-refractivity contribution is 6.20. The van der Waals surface area contributed by atoms with Crippen molar-refractivity contribution in [3.8, 4) is 51.1 Å². The second-order valence-electron chi connectivity index (χ2n) is 9.76. The second-order valence-corrected chi connectivity index (χ2v) is 9.76. The summed E-state index contributed by atoms with van der Waals surface area (Å²) in [5.74, 6) is 0. The largest absolute Gasteiger partial charge is 0.259 e. The number of nitrogens with zero attached hydrogens (tertiary/aromatic N) is 6. The summed E-state index contributed by atoms with van der Waals surface area (Å²) in [4.78, 5) is 22.1. The maximum Gasteiger partial charge on any atom is 0.190 e. The van der Waals surface area contributed by atoms with Crippen molar-refractivity contribution in [1.29, 1.82) is 5.26 Å². The van der Waals surface area contributed by atoms with Crippen molar-refractivity contribution in [2.24, 2.45) is 0 Å². The Morgan fingerprint density at radius 3 is 1.50 bits per heavy atom. The molecule has 0 saturated heterocycles. The van der Waals surface area contributed by atoms with Crippen molar-refractivity contribution in [3.63, 3.8) is 0 Å². The van der Waals surface area contributed by atoms with Crippen LogP contribution in [-0.2, 0) is 0 Å². The normalized spacial score (nSPS) is 10.8. The molecule has 194 valence electrons. The summed E-state index contributed by atoms with van der Waals surface area (Å²) in [5, 5.41) is 13.6. The Morgan fingerprint density at radius 1 is 0.548 bits per heavy atom. The fourth-order valence-electron chi connectivity index (χ4n) is 5.37. The zero-order valence-electron chi connectivity index (χ0n) is 22.2. The van der Waals surface area contributed by atoms with E-state index in [4.69, 9.17) is 16.5 Å². The predicted molar refractivity (Wildman–Crippen MR) is 165 cm³/mol. The van der Waals surface area contributed by atoms with Crippen LogP contribution in [0.25, 0.3) is 71.4 Å². The van der Waals surface area contributed by atoms with Gasteiger partial charge in [-0.25, -0.2) is 4.85 Å². The van der Waals surface area contributed by atoms with Crippen LogP contribution in [0.3, 0.4) is 0 Å². The van der Waals surface area contributed by atoms with Gasteiger partial charge in [-0.15, -0.1) is 0 Å². The highest BCUT2D eigenvalue weighted by atomic mass is 14.7. The lowest BCUT2D eigenvalue weighted by Crippen LogP contribution is -1.94. The molecule has 0 radical (unpaired) electrons. The van der Waals surface area contributed by atoms with Gasteiger partial charge >= 0.3 is 0 Å². The van der Waals surface area contributed by atoms with E-state index in [1.807, 2.05) is 60.9 Å². The van der Waals surface area contributed by atoms with E-state index in [-0.39, 0.29) is 0 Å². The van der Waals surface area contributed by atoms with Gasteiger partial charge in [-0.3, -0.25) is 19.9 Å². The molecule has 0 saturated carbocycles. The van der Waals surface area contributed by atoms with Crippen LogP contribution < -0.4 is 0 Å². The minimum atomic E-state index is 0.547. The summed E-state index contributed by atoms with van der Waals surface area (Å²) >= 11 is 0. The van der Waals surface area contributed by atoms with E-state index in [0.29, 0.717) is 16.9 Å². The zero-order valence-corrected chi connectivity index (χ0v) is 22.2. The summed E-state index contributed by atoms with van der Waals surface area (Å²) < 4.78 is 0. The number of aromatic nitrogens is 4. The Labute approximate surface area is 242 Å². The van der Waals surface area contributed by atoms with Crippen LogP contribution in [0.4, 0.5) is 5.69 Å². The summed E-state index contributed by atoms with van der Waals surface area (Å²) in [5.41, 5.74) is 8.04. The van der Waals surface area contributed by atoms with Crippen LogP contribution in [0, 0.1) is 17.9 Å². The van der Waals surface area contributed by atoms with Crippen molar-refractivity contribution in [2.45, 2.75) is 0 Å². The van der Waals surface area contributed by atoms with Gasteiger partial charge in [-0.1, -0.05) is 48.5 Å². The SMILES string of the molecule is [C-]#[N+]c1ccnc(-c2ccc(-c3c4ccccc4c(-c4ccc(-c5cc(C#N)ccn5)cn4)c4ccccc34)nc2)c1.